The van der Waals surface area contributed by atoms with E-state index in [1.54, 1.807) is 19.1 Å². The molecule has 23 heavy (non-hydrogen) atoms. The molecule has 0 bridgehead atoms. The van der Waals surface area contributed by atoms with Crippen LogP contribution in [0.2, 0.25) is 0 Å². The molecule has 1 aromatic carbocycles. The van der Waals surface area contributed by atoms with E-state index in [2.05, 4.69) is 20.8 Å². The topological polar surface area (TPSA) is 86.6 Å². The van der Waals surface area contributed by atoms with Gasteiger partial charge in [0.1, 0.15) is 11.5 Å². The van der Waals surface area contributed by atoms with Gasteiger partial charge in [0.25, 0.3) is 0 Å². The molecular formula is C15H13FN4O2S. The molecule has 0 fully saturated rings. The van der Waals surface area contributed by atoms with Crippen molar-refractivity contribution < 1.29 is 14.3 Å². The minimum Gasteiger partial charge on any atom is -0.478 e. The van der Waals surface area contributed by atoms with E-state index in [0.717, 1.165) is 0 Å². The van der Waals surface area contributed by atoms with Crippen LogP contribution in [0.4, 0.5) is 10.1 Å². The predicted octanol–water partition coefficient (Wildman–Crippen LogP) is 2.63. The van der Waals surface area contributed by atoms with Crippen molar-refractivity contribution in [3.8, 4) is 0 Å². The van der Waals surface area contributed by atoms with Gasteiger partial charge in [0.05, 0.1) is 11.3 Å². The number of rotatable bonds is 4. The summed E-state index contributed by atoms with van der Waals surface area (Å²) in [6.45, 7) is 1.60. The van der Waals surface area contributed by atoms with Gasteiger partial charge in [0.2, 0.25) is 0 Å². The van der Waals surface area contributed by atoms with Gasteiger partial charge in [-0.2, -0.15) is 5.10 Å². The predicted molar refractivity (Wildman–Crippen MR) is 89.2 cm³/mol. The monoisotopic (exact) mass is 332 g/mol. The average Bonchev–Trinajstić information content (AvgIpc) is 2.52. The molecule has 0 aliphatic carbocycles. The van der Waals surface area contributed by atoms with E-state index in [9.17, 15) is 9.18 Å². The van der Waals surface area contributed by atoms with Crippen LogP contribution in [0, 0.1) is 5.82 Å². The van der Waals surface area contributed by atoms with Crippen molar-refractivity contribution in [1.82, 2.24) is 10.4 Å². The van der Waals surface area contributed by atoms with Crippen LogP contribution >= 0.6 is 12.2 Å². The van der Waals surface area contributed by atoms with Crippen LogP contribution in [0.15, 0.2) is 47.7 Å². The molecule has 0 spiro atoms. The standard InChI is InChI=1S/C15H13FN4O2S/c1-9(13-12(14(21)22)6-3-7-17-13)19-20-15(23)18-11-5-2-4-10(16)8-11/h2-8H,1H3,(H,21,22)(H2,18,20,23). The molecule has 2 rings (SSSR count). The second kappa shape index (κ2) is 7.41. The molecule has 0 amide bonds. The number of thiocarbonyl (C=S) groups is 1. The zero-order valence-corrected chi connectivity index (χ0v) is 12.9. The third-order valence-electron chi connectivity index (χ3n) is 2.79. The van der Waals surface area contributed by atoms with Crippen molar-refractivity contribution >= 4 is 34.7 Å². The fourth-order valence-corrected chi connectivity index (χ4v) is 1.94. The number of hydrogen-bond acceptors (Lipinski definition) is 4. The minimum atomic E-state index is -1.09. The minimum absolute atomic E-state index is 0.0413. The number of hydrazone groups is 1. The Bertz CT molecular complexity index is 780. The summed E-state index contributed by atoms with van der Waals surface area (Å²) >= 11 is 5.04. The van der Waals surface area contributed by atoms with E-state index in [4.69, 9.17) is 17.3 Å². The van der Waals surface area contributed by atoms with E-state index in [1.165, 1.54) is 30.5 Å². The Balaban J connectivity index is 2.08. The number of aromatic carboxylic acids is 1. The molecule has 3 N–H and O–H groups in total. The van der Waals surface area contributed by atoms with Crippen molar-refractivity contribution in [3.63, 3.8) is 0 Å². The van der Waals surface area contributed by atoms with Gasteiger partial charge in [-0.15, -0.1) is 0 Å². The summed E-state index contributed by atoms with van der Waals surface area (Å²) in [5, 5.41) is 16.0. The van der Waals surface area contributed by atoms with Crippen LogP contribution in [0.3, 0.4) is 0 Å². The molecule has 0 aliphatic heterocycles. The van der Waals surface area contributed by atoms with Gasteiger partial charge in [-0.25, -0.2) is 9.18 Å². The van der Waals surface area contributed by atoms with Crippen LogP contribution < -0.4 is 10.7 Å². The first kappa shape index (κ1) is 16.5. The molecule has 2 aromatic rings. The molecule has 1 aromatic heterocycles. The Kier molecular flexibility index (Phi) is 5.32. The smallest absolute Gasteiger partial charge is 0.337 e. The quantitative estimate of drug-likeness (QED) is 0.453. The van der Waals surface area contributed by atoms with Crippen molar-refractivity contribution in [2.45, 2.75) is 6.92 Å². The molecule has 0 aliphatic rings. The summed E-state index contributed by atoms with van der Waals surface area (Å²) in [5.41, 5.74) is 3.67. The summed E-state index contributed by atoms with van der Waals surface area (Å²) < 4.78 is 13.1. The number of pyridine rings is 1. The molecule has 0 saturated heterocycles. The van der Waals surface area contributed by atoms with E-state index < -0.39 is 11.8 Å². The number of anilines is 1. The highest BCUT2D eigenvalue weighted by molar-refractivity contribution is 7.80. The van der Waals surface area contributed by atoms with E-state index in [-0.39, 0.29) is 16.4 Å². The molecule has 6 nitrogen and oxygen atoms in total. The third kappa shape index (κ3) is 4.55. The zero-order chi connectivity index (χ0) is 16.8. The first-order valence-electron chi connectivity index (χ1n) is 6.53. The van der Waals surface area contributed by atoms with Crippen LogP contribution in [0.5, 0.6) is 0 Å². The van der Waals surface area contributed by atoms with Gasteiger partial charge < -0.3 is 10.4 Å². The number of hydrogen-bond donors (Lipinski definition) is 3. The lowest BCUT2D eigenvalue weighted by molar-refractivity contribution is 0.0696. The molecule has 0 saturated carbocycles. The number of aromatic nitrogens is 1. The molecule has 8 heteroatoms. The summed E-state index contributed by atoms with van der Waals surface area (Å²) in [6, 6.07) is 8.76. The summed E-state index contributed by atoms with van der Waals surface area (Å²) in [5.74, 6) is -1.49. The maximum Gasteiger partial charge on any atom is 0.337 e. The Labute approximate surface area is 137 Å². The molecule has 118 valence electrons. The van der Waals surface area contributed by atoms with Crippen molar-refractivity contribution in [3.05, 3.63) is 59.7 Å². The van der Waals surface area contributed by atoms with Crippen LogP contribution in [0.25, 0.3) is 0 Å². The van der Waals surface area contributed by atoms with Gasteiger partial charge in [0.15, 0.2) is 5.11 Å². The fourth-order valence-electron chi connectivity index (χ4n) is 1.78. The molecular weight excluding hydrogens is 319 g/mol. The molecule has 0 radical (unpaired) electrons. The Morgan fingerprint density at radius 2 is 2.13 bits per heavy atom. The SMILES string of the molecule is CC(=NNC(=S)Nc1cccc(F)c1)c1ncccc1C(=O)O. The highest BCUT2D eigenvalue weighted by Crippen LogP contribution is 2.09. The number of benzene rings is 1. The van der Waals surface area contributed by atoms with E-state index >= 15 is 0 Å². The second-order valence-corrected chi connectivity index (χ2v) is 4.89. The maximum absolute atomic E-state index is 13.1. The first-order valence-corrected chi connectivity index (χ1v) is 6.93. The number of carboxylic acids is 1. The van der Waals surface area contributed by atoms with Gasteiger partial charge in [-0.3, -0.25) is 10.4 Å². The van der Waals surface area contributed by atoms with E-state index in [1.807, 2.05) is 0 Å². The second-order valence-electron chi connectivity index (χ2n) is 4.48. The van der Waals surface area contributed by atoms with Crippen molar-refractivity contribution in [1.29, 1.82) is 0 Å². The zero-order valence-electron chi connectivity index (χ0n) is 12.1. The normalized spacial score (nSPS) is 11.0. The van der Waals surface area contributed by atoms with Crippen LogP contribution in [-0.2, 0) is 0 Å². The van der Waals surface area contributed by atoms with Gasteiger partial charge in [-0.05, 0) is 49.5 Å². The summed E-state index contributed by atoms with van der Waals surface area (Å²) in [4.78, 5) is 15.2. The largest absolute Gasteiger partial charge is 0.478 e. The van der Waals surface area contributed by atoms with Crippen LogP contribution in [-0.4, -0.2) is 26.9 Å². The highest BCUT2D eigenvalue weighted by Gasteiger charge is 2.13. The molecule has 1 heterocycles. The highest BCUT2D eigenvalue weighted by atomic mass is 32.1. The number of nitrogens with zero attached hydrogens (tertiary/aromatic N) is 2. The Morgan fingerprint density at radius 1 is 1.35 bits per heavy atom. The van der Waals surface area contributed by atoms with Gasteiger partial charge in [-0.1, -0.05) is 6.07 Å². The summed E-state index contributed by atoms with van der Waals surface area (Å²) in [6.07, 6.45) is 1.48. The lowest BCUT2D eigenvalue weighted by Crippen LogP contribution is -2.25. The van der Waals surface area contributed by atoms with Crippen molar-refractivity contribution in [2.24, 2.45) is 5.10 Å². The number of carbonyl (C=O) groups is 1. The summed E-state index contributed by atoms with van der Waals surface area (Å²) in [7, 11) is 0. The lowest BCUT2D eigenvalue weighted by Gasteiger charge is -2.08. The lowest BCUT2D eigenvalue weighted by atomic mass is 10.1. The number of carboxylic acid groups (broad SMARTS) is 1. The Morgan fingerprint density at radius 3 is 2.83 bits per heavy atom. The van der Waals surface area contributed by atoms with Gasteiger partial charge in [0, 0.05) is 11.9 Å². The first-order chi connectivity index (χ1) is 11.0. The maximum atomic E-state index is 13.1. The number of nitrogens with one attached hydrogen (secondary N) is 2. The van der Waals surface area contributed by atoms with E-state index in [0.29, 0.717) is 11.4 Å². The van der Waals surface area contributed by atoms with Gasteiger partial charge >= 0.3 is 5.97 Å². The van der Waals surface area contributed by atoms with Crippen LogP contribution in [0.1, 0.15) is 23.0 Å². The number of halogens is 1. The molecule has 0 atom stereocenters. The molecule has 0 unspecified atom stereocenters. The fraction of sp³-hybridized carbons (Fsp3) is 0.0667. The Hall–Kier alpha value is -2.87. The van der Waals surface area contributed by atoms with Crippen molar-refractivity contribution in [2.75, 3.05) is 5.32 Å². The third-order valence-corrected chi connectivity index (χ3v) is 2.98. The average molecular weight is 332 g/mol.